The summed E-state index contributed by atoms with van der Waals surface area (Å²) in [4.78, 5) is 0. The summed E-state index contributed by atoms with van der Waals surface area (Å²) in [6.07, 6.45) is 0. The Balaban J connectivity index is 6.27. The van der Waals surface area contributed by atoms with Crippen molar-refractivity contribution < 1.29 is 12.6 Å². The monoisotopic (exact) mass is 539 g/mol. The van der Waals surface area contributed by atoms with Crippen LogP contribution in [0.15, 0.2) is 0 Å². The van der Waals surface area contributed by atoms with E-state index >= 15 is 0 Å². The minimum Gasteiger partial charge on any atom is -0.265 e. The molecule has 127 valence electrons. The van der Waals surface area contributed by atoms with Crippen molar-refractivity contribution in [3.8, 4) is 0 Å². The van der Waals surface area contributed by atoms with Crippen LogP contribution in [0.3, 0.4) is 0 Å². The van der Waals surface area contributed by atoms with Crippen LogP contribution in [0.4, 0.5) is 0 Å². The van der Waals surface area contributed by atoms with Crippen LogP contribution in [-0.2, 0) is 14.3 Å². The lowest BCUT2D eigenvalue weighted by atomic mass is 10.2. The van der Waals surface area contributed by atoms with Crippen molar-refractivity contribution >= 4 is 138 Å². The first-order valence-electron chi connectivity index (χ1n) is 4.07. The summed E-state index contributed by atoms with van der Waals surface area (Å²) in [6.45, 7) is 0. The molecule has 0 aliphatic heterocycles. The molecule has 1 radical (unpaired) electrons. The fraction of sp³-hybridized carbons (Fsp3) is 0.833. The van der Waals surface area contributed by atoms with Crippen LogP contribution >= 0.6 is 128 Å². The number of alkyl halides is 11. The summed E-state index contributed by atoms with van der Waals surface area (Å²) in [7, 11) is -2.28. The van der Waals surface area contributed by atoms with Gasteiger partial charge in [0.1, 0.15) is 0 Å². The smallest absolute Gasteiger partial charge is 0.265 e. The van der Waals surface area contributed by atoms with Gasteiger partial charge in [0, 0.05) is 0 Å². The Hall–Kier alpha value is 3.10. The fourth-order valence-electron chi connectivity index (χ4n) is 0.789. The third kappa shape index (κ3) is 3.94. The van der Waals surface area contributed by atoms with Gasteiger partial charge in [0.2, 0.25) is 12.5 Å². The van der Waals surface area contributed by atoms with Gasteiger partial charge in [-0.15, -0.1) is 0 Å². The molecule has 0 bridgehead atoms. The quantitative estimate of drug-likeness (QED) is 0.309. The first kappa shape index (κ1) is 24.1. The van der Waals surface area contributed by atoms with Crippen molar-refractivity contribution in [1.82, 2.24) is 0 Å². The Morgan fingerprint density at radius 2 is 1.00 bits per heavy atom. The predicted molar refractivity (Wildman–Crippen MR) is 93.4 cm³/mol. The molecule has 0 aromatic carbocycles. The molecule has 0 aliphatic rings. The molecule has 0 unspecified atom stereocenters. The van der Waals surface area contributed by atoms with Crippen LogP contribution in [-0.4, -0.2) is 28.9 Å². The van der Waals surface area contributed by atoms with Gasteiger partial charge in [-0.2, -0.15) is 8.42 Å². The molecule has 0 aliphatic carbocycles. The van der Waals surface area contributed by atoms with Gasteiger partial charge < -0.3 is 0 Å². The maximum absolute atomic E-state index is 11.7. The summed E-state index contributed by atoms with van der Waals surface area (Å²) in [6, 6.07) is 0. The lowest BCUT2D eigenvalue weighted by Gasteiger charge is -2.46. The molecule has 0 saturated heterocycles. The minimum absolute atomic E-state index is 2.58. The maximum Gasteiger partial charge on any atom is 0.305 e. The molecule has 0 fully saturated rings. The van der Waals surface area contributed by atoms with Gasteiger partial charge in [-0.25, -0.2) is 0 Å². The first-order valence-corrected chi connectivity index (χ1v) is 9.64. The zero-order valence-electron chi connectivity index (χ0n) is 9.00. The van der Waals surface area contributed by atoms with E-state index in [-0.39, 0.29) is 0 Å². The second-order valence-corrected chi connectivity index (χ2v) is 13.1. The molecule has 21 heavy (non-hydrogen) atoms. The van der Waals surface area contributed by atoms with Crippen LogP contribution in [0.1, 0.15) is 0 Å². The zero-order valence-corrected chi connectivity index (χ0v) is 18.1. The standard InChI is InChI=1S/C6H2Cl11O3S/c1-20-21(18,19)6(16,17)4(11,12)2(7,8)3(9,10)5(13,14)15/h1H2. The lowest BCUT2D eigenvalue weighted by molar-refractivity contribution is 0.420. The average molecular weight is 544 g/mol. The zero-order chi connectivity index (χ0) is 17.7. The van der Waals surface area contributed by atoms with Crippen LogP contribution < -0.4 is 0 Å². The molecule has 0 aromatic heterocycles. The van der Waals surface area contributed by atoms with Gasteiger partial charge in [-0.3, -0.25) is 4.18 Å². The summed E-state index contributed by atoms with van der Waals surface area (Å²) in [5, 5.41) is 0. The van der Waals surface area contributed by atoms with Gasteiger partial charge in [-0.05, 0) is 0 Å². The third-order valence-electron chi connectivity index (χ3n) is 1.98. The molecule has 0 rings (SSSR count). The number of rotatable bonds is 5. The summed E-state index contributed by atoms with van der Waals surface area (Å²) < 4.78 is 12.7. The predicted octanol–water partition coefficient (Wildman–Crippen LogP) is 6.15. The van der Waals surface area contributed by atoms with Crippen molar-refractivity contribution in [1.29, 1.82) is 0 Å². The van der Waals surface area contributed by atoms with Crippen molar-refractivity contribution in [2.75, 3.05) is 0 Å². The van der Waals surface area contributed by atoms with E-state index < -0.39 is 30.6 Å². The van der Waals surface area contributed by atoms with Gasteiger partial charge in [0.25, 0.3) is 3.67 Å². The topological polar surface area (TPSA) is 43.4 Å². The largest absolute Gasteiger partial charge is 0.305 e. The molecular weight excluding hydrogens is 542 g/mol. The van der Waals surface area contributed by atoms with Crippen LogP contribution in [0.5, 0.6) is 0 Å². The van der Waals surface area contributed by atoms with Crippen molar-refractivity contribution in [3.63, 3.8) is 0 Å². The van der Waals surface area contributed by atoms with Crippen LogP contribution in [0, 0.1) is 7.11 Å². The molecule has 3 nitrogen and oxygen atoms in total. The van der Waals surface area contributed by atoms with Crippen molar-refractivity contribution in [2.24, 2.45) is 0 Å². The Labute approximate surface area is 176 Å². The second kappa shape index (κ2) is 7.02. The van der Waals surface area contributed by atoms with Gasteiger partial charge >= 0.3 is 10.1 Å². The Morgan fingerprint density at radius 3 is 1.24 bits per heavy atom. The average Bonchev–Trinajstić information content (AvgIpc) is 2.26. The van der Waals surface area contributed by atoms with E-state index in [1.165, 1.54) is 0 Å². The van der Waals surface area contributed by atoms with Gasteiger partial charge in [-0.1, -0.05) is 128 Å². The Bertz CT molecular complexity index is 491. The highest BCUT2D eigenvalue weighted by Gasteiger charge is 2.76. The highest BCUT2D eigenvalue weighted by atomic mass is 35.6. The highest BCUT2D eigenvalue weighted by Crippen LogP contribution is 2.67. The normalized spacial score (nSPS) is 16.2. The molecule has 0 aromatic rings. The Morgan fingerprint density at radius 1 is 0.667 bits per heavy atom. The summed E-state index contributed by atoms with van der Waals surface area (Å²) in [5.74, 6) is 0. The fourth-order valence-corrected chi connectivity index (χ4v) is 4.87. The molecule has 0 atom stereocenters. The second-order valence-electron chi connectivity index (χ2n) is 3.31. The van der Waals surface area contributed by atoms with Crippen LogP contribution in [0.2, 0.25) is 0 Å². The molecule has 0 spiro atoms. The van der Waals surface area contributed by atoms with E-state index in [1.54, 1.807) is 0 Å². The molecule has 0 N–H and O–H groups in total. The van der Waals surface area contributed by atoms with Gasteiger partial charge in [0.05, 0.1) is 7.11 Å². The first-order chi connectivity index (χ1) is 8.81. The number of hydrogen-bond acceptors (Lipinski definition) is 3. The van der Waals surface area contributed by atoms with Crippen molar-refractivity contribution in [3.05, 3.63) is 7.11 Å². The number of halogens is 11. The molecule has 0 heterocycles. The molecule has 0 amide bonds. The van der Waals surface area contributed by atoms with E-state index in [0.717, 1.165) is 0 Å². The van der Waals surface area contributed by atoms with E-state index in [9.17, 15) is 8.42 Å². The molecule has 0 saturated carbocycles. The van der Waals surface area contributed by atoms with E-state index in [2.05, 4.69) is 11.3 Å². The molecular formula is C6H2Cl11O3S. The highest BCUT2D eigenvalue weighted by molar-refractivity contribution is 7.91. The lowest BCUT2D eigenvalue weighted by Crippen LogP contribution is -2.63. The summed E-state index contributed by atoms with van der Waals surface area (Å²) >= 11 is 62.5. The molecule has 15 heteroatoms. The third-order valence-corrected chi connectivity index (χ3v) is 11.1. The maximum atomic E-state index is 11.7. The van der Waals surface area contributed by atoms with Gasteiger partial charge in [0.15, 0.2) is 4.33 Å². The number of hydrogen-bond donors (Lipinski definition) is 0. The Kier molecular flexibility index (Phi) is 8.05. The van der Waals surface area contributed by atoms with E-state index in [0.29, 0.717) is 0 Å². The minimum atomic E-state index is -4.90. The van der Waals surface area contributed by atoms with E-state index in [1.807, 2.05) is 0 Å². The summed E-state index contributed by atoms with van der Waals surface area (Å²) in [5.41, 5.74) is 0. The SMILES string of the molecule is [CH2]OS(=O)(=O)C(Cl)(Cl)C(Cl)(Cl)C(Cl)(Cl)C(Cl)(Cl)C(Cl)(Cl)Cl. The van der Waals surface area contributed by atoms with Crippen LogP contribution in [0.25, 0.3) is 0 Å². The van der Waals surface area contributed by atoms with E-state index in [4.69, 9.17) is 128 Å². The van der Waals surface area contributed by atoms with Crippen molar-refractivity contribution in [2.45, 2.75) is 20.5 Å².